The summed E-state index contributed by atoms with van der Waals surface area (Å²) in [6, 6.07) is 10.5. The van der Waals surface area contributed by atoms with Crippen LogP contribution in [0.4, 0.5) is 5.95 Å². The standard InChI is InChI=1S/C22H27N5O3/c1-14-10-23-22(24-15(2)12-28)26-20(14)17-9-19(27(3)11-17)21(30)25-18(13-29)16-7-5-4-6-8-16/h4-11,15,18,28-29H,12-13H2,1-3H3,(H,25,30)(H,23,24,26)/t15-,18+/m0/s1. The van der Waals surface area contributed by atoms with E-state index < -0.39 is 6.04 Å². The molecule has 2 aromatic heterocycles. The van der Waals surface area contributed by atoms with Gasteiger partial charge >= 0.3 is 0 Å². The van der Waals surface area contributed by atoms with E-state index >= 15 is 0 Å². The summed E-state index contributed by atoms with van der Waals surface area (Å²) in [6.45, 7) is 3.50. The van der Waals surface area contributed by atoms with Crippen molar-refractivity contribution < 1.29 is 15.0 Å². The molecule has 0 unspecified atom stereocenters. The van der Waals surface area contributed by atoms with Crippen molar-refractivity contribution >= 4 is 11.9 Å². The van der Waals surface area contributed by atoms with Crippen molar-refractivity contribution in [2.45, 2.75) is 25.9 Å². The Morgan fingerprint density at radius 2 is 1.93 bits per heavy atom. The Balaban J connectivity index is 1.84. The quantitative estimate of drug-likeness (QED) is 0.453. The fraction of sp³-hybridized carbons (Fsp3) is 0.318. The molecule has 4 N–H and O–H groups in total. The van der Waals surface area contributed by atoms with Crippen LogP contribution in [-0.4, -0.2) is 49.9 Å². The van der Waals surface area contributed by atoms with Gasteiger partial charge in [-0.15, -0.1) is 0 Å². The molecule has 0 fully saturated rings. The molecule has 0 radical (unpaired) electrons. The van der Waals surface area contributed by atoms with Crippen LogP contribution < -0.4 is 10.6 Å². The van der Waals surface area contributed by atoms with E-state index in [1.165, 1.54) is 0 Å². The first-order valence-electron chi connectivity index (χ1n) is 9.77. The summed E-state index contributed by atoms with van der Waals surface area (Å²) in [5.41, 5.74) is 3.64. The molecular weight excluding hydrogens is 382 g/mol. The largest absolute Gasteiger partial charge is 0.394 e. The summed E-state index contributed by atoms with van der Waals surface area (Å²) in [4.78, 5) is 21.7. The topological polar surface area (TPSA) is 112 Å². The van der Waals surface area contributed by atoms with Crippen molar-refractivity contribution in [3.63, 3.8) is 0 Å². The number of aliphatic hydroxyl groups is 2. The maximum Gasteiger partial charge on any atom is 0.268 e. The molecule has 0 spiro atoms. The lowest BCUT2D eigenvalue weighted by Gasteiger charge is -2.16. The number of carbonyl (C=O) groups is 1. The Morgan fingerprint density at radius 1 is 1.20 bits per heavy atom. The second-order valence-corrected chi connectivity index (χ2v) is 7.30. The van der Waals surface area contributed by atoms with E-state index in [2.05, 4.69) is 20.6 Å². The first kappa shape index (κ1) is 21.5. The number of aliphatic hydroxyl groups excluding tert-OH is 2. The number of rotatable bonds is 8. The van der Waals surface area contributed by atoms with Gasteiger partial charge in [0.15, 0.2) is 0 Å². The van der Waals surface area contributed by atoms with Gasteiger partial charge < -0.3 is 25.4 Å². The van der Waals surface area contributed by atoms with Crippen molar-refractivity contribution in [2.75, 3.05) is 18.5 Å². The number of aryl methyl sites for hydroxylation is 2. The Labute approximate surface area is 175 Å². The zero-order valence-electron chi connectivity index (χ0n) is 17.3. The van der Waals surface area contributed by atoms with Crippen LogP contribution >= 0.6 is 0 Å². The van der Waals surface area contributed by atoms with Crippen LogP contribution in [0.15, 0.2) is 48.8 Å². The van der Waals surface area contributed by atoms with E-state index in [4.69, 9.17) is 0 Å². The zero-order chi connectivity index (χ0) is 21.7. The number of anilines is 1. The summed E-state index contributed by atoms with van der Waals surface area (Å²) in [6.07, 6.45) is 3.54. The summed E-state index contributed by atoms with van der Waals surface area (Å²) in [5.74, 6) is 0.127. The van der Waals surface area contributed by atoms with Crippen LogP contribution in [0.1, 0.15) is 34.6 Å². The van der Waals surface area contributed by atoms with Gasteiger partial charge in [0, 0.05) is 31.0 Å². The average molecular weight is 409 g/mol. The molecule has 0 aliphatic carbocycles. The van der Waals surface area contributed by atoms with Crippen molar-refractivity contribution in [1.82, 2.24) is 19.9 Å². The van der Waals surface area contributed by atoms with Crippen LogP contribution in [0.3, 0.4) is 0 Å². The average Bonchev–Trinajstić information content (AvgIpc) is 3.15. The van der Waals surface area contributed by atoms with E-state index in [0.717, 1.165) is 16.7 Å². The Morgan fingerprint density at radius 3 is 2.60 bits per heavy atom. The van der Waals surface area contributed by atoms with Crippen molar-refractivity contribution in [3.05, 3.63) is 65.6 Å². The third kappa shape index (κ3) is 4.84. The van der Waals surface area contributed by atoms with Crippen molar-refractivity contribution in [1.29, 1.82) is 0 Å². The minimum absolute atomic E-state index is 0.0321. The van der Waals surface area contributed by atoms with Crippen LogP contribution in [0.5, 0.6) is 0 Å². The first-order chi connectivity index (χ1) is 14.4. The van der Waals surface area contributed by atoms with E-state index in [1.807, 2.05) is 50.4 Å². The summed E-state index contributed by atoms with van der Waals surface area (Å²) < 4.78 is 1.73. The highest BCUT2D eigenvalue weighted by molar-refractivity contribution is 5.94. The number of hydrogen-bond donors (Lipinski definition) is 4. The molecule has 1 amide bonds. The van der Waals surface area contributed by atoms with Crippen LogP contribution in [0.25, 0.3) is 11.3 Å². The molecule has 0 bridgehead atoms. The lowest BCUT2D eigenvalue weighted by molar-refractivity contribution is 0.0908. The molecule has 1 aromatic carbocycles. The van der Waals surface area contributed by atoms with Gasteiger partial charge in [0.05, 0.1) is 24.9 Å². The minimum Gasteiger partial charge on any atom is -0.394 e. The molecular formula is C22H27N5O3. The van der Waals surface area contributed by atoms with Gasteiger partial charge in [-0.2, -0.15) is 0 Å². The number of benzene rings is 1. The molecule has 0 aliphatic heterocycles. The molecule has 0 saturated carbocycles. The van der Waals surface area contributed by atoms with Gasteiger partial charge in [0.25, 0.3) is 5.91 Å². The number of aromatic nitrogens is 3. The zero-order valence-corrected chi connectivity index (χ0v) is 17.3. The summed E-state index contributed by atoms with van der Waals surface area (Å²) in [7, 11) is 1.79. The molecule has 158 valence electrons. The first-order valence-corrected chi connectivity index (χ1v) is 9.77. The Bertz CT molecular complexity index is 1000. The normalized spacial score (nSPS) is 13.0. The fourth-order valence-corrected chi connectivity index (χ4v) is 3.14. The predicted octanol–water partition coefficient (Wildman–Crippen LogP) is 2.05. The molecule has 0 aliphatic rings. The fourth-order valence-electron chi connectivity index (χ4n) is 3.14. The maximum atomic E-state index is 12.9. The van der Waals surface area contributed by atoms with E-state index in [-0.39, 0.29) is 25.2 Å². The molecule has 0 saturated heterocycles. The van der Waals surface area contributed by atoms with Gasteiger partial charge in [-0.25, -0.2) is 9.97 Å². The number of amides is 1. The summed E-state index contributed by atoms with van der Waals surface area (Å²) in [5, 5.41) is 24.9. The van der Waals surface area contributed by atoms with Gasteiger partial charge in [-0.05, 0) is 31.0 Å². The van der Waals surface area contributed by atoms with E-state index in [0.29, 0.717) is 17.3 Å². The monoisotopic (exact) mass is 409 g/mol. The number of nitrogens with zero attached hydrogens (tertiary/aromatic N) is 3. The molecule has 8 nitrogen and oxygen atoms in total. The SMILES string of the molecule is Cc1cnc(N[C@@H](C)CO)nc1-c1cc(C(=O)N[C@H](CO)c2ccccc2)n(C)c1. The highest BCUT2D eigenvalue weighted by Crippen LogP contribution is 2.24. The second kappa shape index (κ2) is 9.51. The second-order valence-electron chi connectivity index (χ2n) is 7.30. The van der Waals surface area contributed by atoms with Gasteiger partial charge in [0.2, 0.25) is 5.95 Å². The lowest BCUT2D eigenvalue weighted by atomic mass is 10.1. The minimum atomic E-state index is -0.492. The lowest BCUT2D eigenvalue weighted by Crippen LogP contribution is -2.31. The molecule has 3 aromatic rings. The van der Waals surface area contributed by atoms with Gasteiger partial charge in [-0.3, -0.25) is 4.79 Å². The van der Waals surface area contributed by atoms with Crippen LogP contribution in [0, 0.1) is 6.92 Å². The predicted molar refractivity (Wildman–Crippen MR) is 115 cm³/mol. The third-order valence-corrected chi connectivity index (χ3v) is 4.82. The number of hydrogen-bond acceptors (Lipinski definition) is 6. The summed E-state index contributed by atoms with van der Waals surface area (Å²) >= 11 is 0. The van der Waals surface area contributed by atoms with E-state index in [9.17, 15) is 15.0 Å². The van der Waals surface area contributed by atoms with Crippen molar-refractivity contribution in [3.8, 4) is 11.3 Å². The molecule has 30 heavy (non-hydrogen) atoms. The van der Waals surface area contributed by atoms with E-state index in [1.54, 1.807) is 23.9 Å². The third-order valence-electron chi connectivity index (χ3n) is 4.82. The maximum absolute atomic E-state index is 12.9. The van der Waals surface area contributed by atoms with Crippen LogP contribution in [-0.2, 0) is 7.05 Å². The molecule has 2 heterocycles. The highest BCUT2D eigenvalue weighted by Gasteiger charge is 2.19. The van der Waals surface area contributed by atoms with Crippen molar-refractivity contribution in [2.24, 2.45) is 7.05 Å². The smallest absolute Gasteiger partial charge is 0.268 e. The highest BCUT2D eigenvalue weighted by atomic mass is 16.3. The molecule has 3 rings (SSSR count). The number of carbonyl (C=O) groups excluding carboxylic acids is 1. The van der Waals surface area contributed by atoms with Gasteiger partial charge in [-0.1, -0.05) is 30.3 Å². The Hall–Kier alpha value is -3.23. The van der Waals surface area contributed by atoms with Crippen LogP contribution in [0.2, 0.25) is 0 Å². The molecule has 8 heteroatoms. The molecule has 2 atom stereocenters. The number of nitrogens with one attached hydrogen (secondary N) is 2. The van der Waals surface area contributed by atoms with Gasteiger partial charge in [0.1, 0.15) is 5.69 Å². The Kier molecular flexibility index (Phi) is 6.81.